The first-order valence-electron chi connectivity index (χ1n) is 39.1. The lowest BCUT2D eigenvalue weighted by molar-refractivity contribution is -0.161. The van der Waals surface area contributed by atoms with Crippen molar-refractivity contribution in [2.45, 2.75) is 316 Å². The zero-order valence-corrected chi connectivity index (χ0v) is 65.3. The zero-order chi connectivity index (χ0) is 74.6. The third-order valence-corrected chi connectivity index (χ3v) is 17.7. The van der Waals surface area contributed by atoms with Gasteiger partial charge in [-0.15, -0.1) is 0 Å². The van der Waals surface area contributed by atoms with Crippen LogP contribution in [0.5, 0.6) is 0 Å². The number of rotatable bonds is 72. The van der Waals surface area contributed by atoms with Crippen molar-refractivity contribution >= 4 is 39.5 Å². The molecule has 0 aliphatic rings. The molecule has 3 N–H and O–H groups in total. The van der Waals surface area contributed by atoms with E-state index in [1.807, 2.05) is 18.2 Å². The van der Waals surface area contributed by atoms with Crippen molar-refractivity contribution in [1.82, 2.24) is 0 Å². The molecule has 5 atom stereocenters. The molecule has 0 aromatic carbocycles. The van der Waals surface area contributed by atoms with Crippen molar-refractivity contribution < 1.29 is 80.2 Å². The van der Waals surface area contributed by atoms with Gasteiger partial charge in [0.1, 0.15) is 19.3 Å². The van der Waals surface area contributed by atoms with Gasteiger partial charge in [-0.2, -0.15) is 0 Å². The van der Waals surface area contributed by atoms with Crippen LogP contribution in [0.15, 0.2) is 146 Å². The third-order valence-electron chi connectivity index (χ3n) is 15.8. The van der Waals surface area contributed by atoms with Crippen LogP contribution in [-0.2, 0) is 65.4 Å². The first-order chi connectivity index (χ1) is 49.7. The van der Waals surface area contributed by atoms with Crippen LogP contribution < -0.4 is 0 Å². The number of carbonyl (C=O) groups is 4. The molecule has 0 saturated heterocycles. The van der Waals surface area contributed by atoms with Gasteiger partial charge in [0, 0.05) is 25.7 Å². The van der Waals surface area contributed by atoms with E-state index in [0.29, 0.717) is 32.1 Å². The molecule has 0 aliphatic carbocycles. The normalized spacial score (nSPS) is 14.7. The SMILES string of the molecule is CC/C=C\C/C=C\C/C=C\C/C=C\C/C=C\C/C=C\CCC(=O)OCC(COP(=O)(O)OCC(O)COP(=O)(O)OCC(COC(=O)CCCCCCC/C=C\C/C=C\CCCCC)OC(=O)CCCCCCC/C=C\CCCC)OC(=O)CCCCCCCCC/C=C\C/C=C\C/C=C\CC. The zero-order valence-electron chi connectivity index (χ0n) is 63.5. The lowest BCUT2D eigenvalue weighted by atomic mass is 10.1. The summed E-state index contributed by atoms with van der Waals surface area (Å²) in [5.41, 5.74) is 0. The van der Waals surface area contributed by atoms with E-state index in [9.17, 15) is 43.2 Å². The van der Waals surface area contributed by atoms with Crippen LogP contribution in [0.2, 0.25) is 0 Å². The van der Waals surface area contributed by atoms with E-state index in [-0.39, 0.29) is 25.7 Å². The average molecular weight is 1470 g/mol. The van der Waals surface area contributed by atoms with Gasteiger partial charge in [0.2, 0.25) is 0 Å². The molecule has 102 heavy (non-hydrogen) atoms. The summed E-state index contributed by atoms with van der Waals surface area (Å²) in [6.45, 7) is 4.46. The molecule has 0 aromatic heterocycles. The molecule has 19 heteroatoms. The van der Waals surface area contributed by atoms with Crippen molar-refractivity contribution in [3.05, 3.63) is 146 Å². The fourth-order valence-corrected chi connectivity index (χ4v) is 11.4. The maximum Gasteiger partial charge on any atom is 0.472 e. The molecular formula is C83H138O17P2. The minimum absolute atomic E-state index is 0.0296. The molecule has 0 heterocycles. The summed E-state index contributed by atoms with van der Waals surface area (Å²) in [5.74, 6) is -2.31. The number of unbranched alkanes of at least 4 members (excludes halogenated alkanes) is 22. The first-order valence-corrected chi connectivity index (χ1v) is 42.1. The molecular weight excluding hydrogens is 1330 g/mol. The Labute approximate surface area is 617 Å². The molecule has 0 aromatic rings. The molecule has 582 valence electrons. The maximum atomic E-state index is 13.1. The Bertz CT molecular complexity index is 2510. The van der Waals surface area contributed by atoms with Crippen LogP contribution in [0.4, 0.5) is 0 Å². The van der Waals surface area contributed by atoms with Gasteiger partial charge in [-0.25, -0.2) is 9.13 Å². The van der Waals surface area contributed by atoms with Crippen molar-refractivity contribution in [3.8, 4) is 0 Å². The fraction of sp³-hybridized carbons (Fsp3) is 0.663. The van der Waals surface area contributed by atoms with Gasteiger partial charge >= 0.3 is 39.5 Å². The smallest absolute Gasteiger partial charge is 0.462 e. The highest BCUT2D eigenvalue weighted by Gasteiger charge is 2.30. The molecule has 0 bridgehead atoms. The molecule has 17 nitrogen and oxygen atoms in total. The van der Waals surface area contributed by atoms with Crippen LogP contribution in [0.1, 0.15) is 297 Å². The Morgan fingerprint density at radius 3 is 0.882 bits per heavy atom. The van der Waals surface area contributed by atoms with Crippen molar-refractivity contribution in [2.75, 3.05) is 39.6 Å². The quantitative estimate of drug-likeness (QED) is 0.0169. The molecule has 0 spiro atoms. The Balaban J connectivity index is 5.43. The molecule has 5 unspecified atom stereocenters. The van der Waals surface area contributed by atoms with Crippen molar-refractivity contribution in [2.24, 2.45) is 0 Å². The summed E-state index contributed by atoms with van der Waals surface area (Å²) in [6.07, 6.45) is 84.2. The minimum atomic E-state index is -5.00. The predicted molar refractivity (Wildman–Crippen MR) is 417 cm³/mol. The number of esters is 4. The Hall–Kier alpha value is -5.06. The van der Waals surface area contributed by atoms with E-state index in [4.69, 9.17) is 37.0 Å². The van der Waals surface area contributed by atoms with Crippen molar-refractivity contribution in [1.29, 1.82) is 0 Å². The number of phosphoric ester groups is 2. The van der Waals surface area contributed by atoms with Crippen LogP contribution >= 0.6 is 15.6 Å². The third kappa shape index (κ3) is 73.3. The van der Waals surface area contributed by atoms with E-state index >= 15 is 0 Å². The van der Waals surface area contributed by atoms with Gasteiger partial charge < -0.3 is 33.8 Å². The van der Waals surface area contributed by atoms with Gasteiger partial charge in [-0.1, -0.05) is 270 Å². The molecule has 0 aliphatic heterocycles. The minimum Gasteiger partial charge on any atom is -0.462 e. The number of carbonyl (C=O) groups excluding carboxylic acids is 4. The molecule has 0 saturated carbocycles. The highest BCUT2D eigenvalue weighted by molar-refractivity contribution is 7.47. The lowest BCUT2D eigenvalue weighted by Gasteiger charge is -2.21. The van der Waals surface area contributed by atoms with Gasteiger partial charge in [0.05, 0.1) is 26.4 Å². The Morgan fingerprint density at radius 2 is 0.539 bits per heavy atom. The number of aliphatic hydroxyl groups is 1. The number of hydrogen-bond donors (Lipinski definition) is 3. The topological polar surface area (TPSA) is 237 Å². The maximum absolute atomic E-state index is 13.1. The highest BCUT2D eigenvalue weighted by Crippen LogP contribution is 2.45. The van der Waals surface area contributed by atoms with Crippen LogP contribution in [0, 0.1) is 0 Å². The summed E-state index contributed by atoms with van der Waals surface area (Å²) in [7, 11) is -9.99. The summed E-state index contributed by atoms with van der Waals surface area (Å²) in [4.78, 5) is 72.9. The van der Waals surface area contributed by atoms with Gasteiger partial charge in [-0.05, 0) is 148 Å². The average Bonchev–Trinajstić information content (AvgIpc) is 0.921. The predicted octanol–water partition coefficient (Wildman–Crippen LogP) is 22.7. The van der Waals surface area contributed by atoms with E-state index in [0.717, 1.165) is 180 Å². The van der Waals surface area contributed by atoms with Crippen molar-refractivity contribution in [3.63, 3.8) is 0 Å². The lowest BCUT2D eigenvalue weighted by Crippen LogP contribution is -2.30. The second-order valence-electron chi connectivity index (χ2n) is 25.5. The van der Waals surface area contributed by atoms with Gasteiger partial charge in [0.15, 0.2) is 12.2 Å². The summed E-state index contributed by atoms with van der Waals surface area (Å²) >= 11 is 0. The monoisotopic (exact) mass is 1470 g/mol. The highest BCUT2D eigenvalue weighted by atomic mass is 31.2. The van der Waals surface area contributed by atoms with E-state index in [1.54, 1.807) is 0 Å². The van der Waals surface area contributed by atoms with Crippen LogP contribution in [-0.4, -0.2) is 96.7 Å². The molecule has 0 amide bonds. The Kier molecular flexibility index (Phi) is 70.5. The van der Waals surface area contributed by atoms with E-state index in [2.05, 4.69) is 155 Å². The van der Waals surface area contributed by atoms with E-state index < -0.39 is 97.5 Å². The molecule has 0 rings (SSSR count). The van der Waals surface area contributed by atoms with E-state index in [1.165, 1.54) is 32.1 Å². The number of allylic oxidation sites excluding steroid dienone is 24. The molecule has 0 radical (unpaired) electrons. The van der Waals surface area contributed by atoms with Crippen LogP contribution in [0.3, 0.4) is 0 Å². The Morgan fingerprint density at radius 1 is 0.284 bits per heavy atom. The molecule has 0 fully saturated rings. The second-order valence-corrected chi connectivity index (χ2v) is 28.4. The van der Waals surface area contributed by atoms with Crippen LogP contribution in [0.25, 0.3) is 0 Å². The number of aliphatic hydroxyl groups excluding tert-OH is 1. The number of ether oxygens (including phenoxy) is 4. The largest absolute Gasteiger partial charge is 0.472 e. The second kappa shape index (κ2) is 74.2. The summed E-state index contributed by atoms with van der Waals surface area (Å²) in [5, 5.41) is 10.6. The van der Waals surface area contributed by atoms with Gasteiger partial charge in [0.25, 0.3) is 0 Å². The number of phosphoric acid groups is 2. The van der Waals surface area contributed by atoms with Gasteiger partial charge in [-0.3, -0.25) is 37.3 Å². The summed E-state index contributed by atoms with van der Waals surface area (Å²) < 4.78 is 68.4. The number of hydrogen-bond acceptors (Lipinski definition) is 15. The fourth-order valence-electron chi connectivity index (χ4n) is 9.86. The summed E-state index contributed by atoms with van der Waals surface area (Å²) in [6, 6.07) is 0. The standard InChI is InChI=1S/C83H138O17P2/c1-5-9-13-17-21-25-29-32-35-37-38-40-42-45-49-52-56-60-64-68-81(86)94-74-79(100-83(88)70-66-62-58-54-50-46-43-39-36-33-30-26-22-18-14-10-6-2)76-98-102(91,92)96-72-77(84)71-95-101(89,90)97-75-78(99-82(87)69-65-61-57-53-47-28-24-20-16-12-8-4)73-93-80(85)67-63-59-55-51-48-44-41-34-31-27-23-19-15-11-7-3/h9-10,13-14,20-27,32-36,38,40-41,45,49,56,60,77-79,84H,5-8,11-12,15-19,28-31,37,39,42-44,46-48,50-55,57-59,61-76H2,1-4H3,(H,89,90)(H,91,92)/b13-9-,14-10-,24-20-,25-21-,26-22-,27-23-,35-32-,36-33-,40-38-,41-34-,49-45-,60-56-. The first kappa shape index (κ1) is 96.9.